The summed E-state index contributed by atoms with van der Waals surface area (Å²) >= 11 is 5.44. The summed E-state index contributed by atoms with van der Waals surface area (Å²) in [5, 5.41) is 2.81. The van der Waals surface area contributed by atoms with Gasteiger partial charge >= 0.3 is 5.69 Å². The lowest BCUT2D eigenvalue weighted by Gasteiger charge is -2.04. The van der Waals surface area contributed by atoms with Crippen molar-refractivity contribution in [2.45, 2.75) is 6.92 Å². The Hall–Kier alpha value is -1.23. The van der Waals surface area contributed by atoms with Crippen molar-refractivity contribution in [1.82, 2.24) is 9.97 Å². The molecule has 1 aromatic rings. The van der Waals surface area contributed by atoms with Gasteiger partial charge in [0.1, 0.15) is 5.69 Å². The van der Waals surface area contributed by atoms with Gasteiger partial charge in [0.2, 0.25) is 0 Å². The van der Waals surface area contributed by atoms with Crippen LogP contribution in [0, 0.1) is 6.92 Å². The Morgan fingerprint density at radius 3 is 2.62 bits per heavy atom. The second kappa shape index (κ2) is 4.13. The van der Waals surface area contributed by atoms with E-state index in [1.165, 1.54) is 0 Å². The van der Waals surface area contributed by atoms with Crippen molar-refractivity contribution in [3.63, 3.8) is 0 Å². The van der Waals surface area contributed by atoms with Gasteiger partial charge in [0.25, 0.3) is 5.56 Å². The zero-order valence-corrected chi connectivity index (χ0v) is 7.86. The molecule has 0 atom stereocenters. The maximum Gasteiger partial charge on any atom is 0.326 e. The Morgan fingerprint density at radius 1 is 1.38 bits per heavy atom. The van der Waals surface area contributed by atoms with Gasteiger partial charge in [0, 0.05) is 18.1 Å². The molecule has 0 aliphatic heterocycles. The number of alkyl halides is 1. The highest BCUT2D eigenvalue weighted by Gasteiger charge is 2.03. The van der Waals surface area contributed by atoms with Gasteiger partial charge in [-0.3, -0.25) is 9.78 Å². The molecule has 0 bridgehead atoms. The number of H-pyrrole nitrogens is 2. The van der Waals surface area contributed by atoms with Gasteiger partial charge < -0.3 is 10.3 Å². The lowest BCUT2D eigenvalue weighted by molar-refractivity contribution is 0.986. The predicted molar refractivity (Wildman–Crippen MR) is 51.6 cm³/mol. The van der Waals surface area contributed by atoms with E-state index < -0.39 is 11.2 Å². The summed E-state index contributed by atoms with van der Waals surface area (Å²) in [5.41, 5.74) is -0.0515. The second-order valence-corrected chi connectivity index (χ2v) is 2.90. The summed E-state index contributed by atoms with van der Waals surface area (Å²) in [6.07, 6.45) is 0. The molecule has 0 aliphatic rings. The van der Waals surface area contributed by atoms with Gasteiger partial charge in [-0.1, -0.05) is 0 Å². The first-order chi connectivity index (χ1) is 6.15. The number of halogens is 1. The van der Waals surface area contributed by atoms with Gasteiger partial charge in [-0.25, -0.2) is 4.79 Å². The smallest absolute Gasteiger partial charge is 0.326 e. The van der Waals surface area contributed by atoms with Crippen molar-refractivity contribution in [2.75, 3.05) is 17.7 Å². The van der Waals surface area contributed by atoms with Crippen molar-refractivity contribution < 1.29 is 0 Å². The number of rotatable bonds is 3. The maximum atomic E-state index is 11.2. The average molecular weight is 204 g/mol. The number of aromatic nitrogens is 2. The van der Waals surface area contributed by atoms with E-state index in [1.807, 2.05) is 0 Å². The molecule has 1 heterocycles. The number of nitrogens with one attached hydrogen (secondary N) is 3. The summed E-state index contributed by atoms with van der Waals surface area (Å²) in [4.78, 5) is 26.5. The number of anilines is 1. The monoisotopic (exact) mass is 203 g/mol. The van der Waals surface area contributed by atoms with Gasteiger partial charge in [-0.2, -0.15) is 0 Å². The number of hydrogen-bond donors (Lipinski definition) is 3. The van der Waals surface area contributed by atoms with Crippen LogP contribution in [0.5, 0.6) is 0 Å². The van der Waals surface area contributed by atoms with Crippen molar-refractivity contribution in [2.24, 2.45) is 0 Å². The molecule has 1 rings (SSSR count). The fraction of sp³-hybridized carbons (Fsp3) is 0.429. The molecule has 0 radical (unpaired) electrons. The third-order valence-electron chi connectivity index (χ3n) is 1.53. The first-order valence-electron chi connectivity index (χ1n) is 3.78. The van der Waals surface area contributed by atoms with Gasteiger partial charge in [0.15, 0.2) is 0 Å². The summed E-state index contributed by atoms with van der Waals surface area (Å²) in [6.45, 7) is 2.13. The molecule has 72 valence electrons. The lowest BCUT2D eigenvalue weighted by atomic mass is 10.3. The predicted octanol–water partition coefficient (Wildman–Crippen LogP) is 0.0223. The second-order valence-electron chi connectivity index (χ2n) is 2.52. The molecule has 0 aromatic carbocycles. The Morgan fingerprint density at radius 2 is 2.08 bits per heavy atom. The Balaban J connectivity index is 3.07. The third-order valence-corrected chi connectivity index (χ3v) is 1.72. The van der Waals surface area contributed by atoms with Gasteiger partial charge in [-0.05, 0) is 6.92 Å². The van der Waals surface area contributed by atoms with Crippen LogP contribution in [0.15, 0.2) is 9.59 Å². The van der Waals surface area contributed by atoms with Crippen LogP contribution in [-0.4, -0.2) is 22.4 Å². The minimum absolute atomic E-state index is 0.361. The van der Waals surface area contributed by atoms with Crippen LogP contribution >= 0.6 is 11.6 Å². The summed E-state index contributed by atoms with van der Waals surface area (Å²) < 4.78 is 0. The topological polar surface area (TPSA) is 77.8 Å². The molecule has 0 fully saturated rings. The van der Waals surface area contributed by atoms with E-state index >= 15 is 0 Å². The lowest BCUT2D eigenvalue weighted by Crippen LogP contribution is -2.27. The minimum atomic E-state index is -0.501. The van der Waals surface area contributed by atoms with E-state index in [1.54, 1.807) is 6.92 Å². The fourth-order valence-electron chi connectivity index (χ4n) is 0.985. The molecule has 0 unspecified atom stereocenters. The SMILES string of the molecule is Cc1[nH]c(=O)[nH]c(=O)c1NCCCl. The highest BCUT2D eigenvalue weighted by molar-refractivity contribution is 6.18. The summed E-state index contributed by atoms with van der Waals surface area (Å²) in [6, 6.07) is 0. The van der Waals surface area contributed by atoms with Crippen molar-refractivity contribution >= 4 is 17.3 Å². The standard InChI is InChI=1S/C7H10ClN3O2/c1-4-5(9-3-2-8)6(12)11-7(13)10-4/h9H,2-3H2,1H3,(H2,10,11,12,13). The van der Waals surface area contributed by atoms with Crippen LogP contribution < -0.4 is 16.6 Å². The number of aromatic amines is 2. The van der Waals surface area contributed by atoms with E-state index in [2.05, 4.69) is 15.3 Å². The summed E-state index contributed by atoms with van der Waals surface area (Å²) in [7, 11) is 0. The van der Waals surface area contributed by atoms with Gasteiger partial charge in [0.05, 0.1) is 0 Å². The molecule has 0 spiro atoms. The van der Waals surface area contributed by atoms with Crippen LogP contribution in [-0.2, 0) is 0 Å². The molecule has 13 heavy (non-hydrogen) atoms. The molecular weight excluding hydrogens is 194 g/mol. The Labute approximate surface area is 79.1 Å². The van der Waals surface area contributed by atoms with Crippen LogP contribution in [0.25, 0.3) is 0 Å². The molecule has 0 saturated carbocycles. The van der Waals surface area contributed by atoms with E-state index in [9.17, 15) is 9.59 Å². The summed E-state index contributed by atoms with van der Waals surface area (Å²) in [5.74, 6) is 0.401. The molecule has 0 aliphatic carbocycles. The molecule has 6 heteroatoms. The largest absolute Gasteiger partial charge is 0.378 e. The maximum absolute atomic E-state index is 11.2. The van der Waals surface area contributed by atoms with E-state index in [0.717, 1.165) is 0 Å². The van der Waals surface area contributed by atoms with E-state index in [0.29, 0.717) is 23.8 Å². The zero-order chi connectivity index (χ0) is 9.84. The average Bonchev–Trinajstić information content (AvgIpc) is 2.02. The van der Waals surface area contributed by atoms with Crippen LogP contribution in [0.3, 0.4) is 0 Å². The van der Waals surface area contributed by atoms with Crippen LogP contribution in [0.1, 0.15) is 5.69 Å². The molecular formula is C7H10ClN3O2. The first-order valence-corrected chi connectivity index (χ1v) is 4.31. The normalized spacial score (nSPS) is 10.0. The Kier molecular flexibility index (Phi) is 3.13. The number of hydrogen-bond acceptors (Lipinski definition) is 3. The first kappa shape index (κ1) is 9.85. The zero-order valence-electron chi connectivity index (χ0n) is 7.11. The quantitative estimate of drug-likeness (QED) is 0.607. The highest BCUT2D eigenvalue weighted by atomic mass is 35.5. The molecule has 0 saturated heterocycles. The number of aryl methyl sites for hydroxylation is 1. The van der Waals surface area contributed by atoms with Crippen LogP contribution in [0.2, 0.25) is 0 Å². The van der Waals surface area contributed by atoms with Crippen molar-refractivity contribution in [1.29, 1.82) is 0 Å². The molecule has 3 N–H and O–H groups in total. The molecule has 5 nitrogen and oxygen atoms in total. The third kappa shape index (κ3) is 2.35. The van der Waals surface area contributed by atoms with Crippen molar-refractivity contribution in [3.05, 3.63) is 26.5 Å². The van der Waals surface area contributed by atoms with E-state index in [-0.39, 0.29) is 0 Å². The van der Waals surface area contributed by atoms with E-state index in [4.69, 9.17) is 11.6 Å². The minimum Gasteiger partial charge on any atom is -0.378 e. The fourth-order valence-corrected chi connectivity index (χ4v) is 1.08. The Bertz CT molecular complexity index is 395. The van der Waals surface area contributed by atoms with Crippen LogP contribution in [0.4, 0.5) is 5.69 Å². The van der Waals surface area contributed by atoms with Crippen molar-refractivity contribution in [3.8, 4) is 0 Å². The van der Waals surface area contributed by atoms with Gasteiger partial charge in [-0.15, -0.1) is 11.6 Å². The highest BCUT2D eigenvalue weighted by Crippen LogP contribution is 2.00. The molecule has 1 aromatic heterocycles. The molecule has 0 amide bonds.